The first-order chi connectivity index (χ1) is 10.2. The standard InChI is InChI=1S/C15H22N4OS/c1-12-10-14(17-11-16-12)18-4-2-13(3-5-18)15(20)19-6-8-21-9-7-19/h10-11,13H,2-9H2,1H3. The van der Waals surface area contributed by atoms with Crippen LogP contribution in [0.4, 0.5) is 5.82 Å². The lowest BCUT2D eigenvalue weighted by atomic mass is 9.95. The van der Waals surface area contributed by atoms with Crippen molar-refractivity contribution in [1.29, 1.82) is 0 Å². The first kappa shape index (κ1) is 14.6. The Balaban J connectivity index is 1.56. The van der Waals surface area contributed by atoms with Crippen LogP contribution in [0.3, 0.4) is 0 Å². The lowest BCUT2D eigenvalue weighted by Crippen LogP contribution is -2.45. The van der Waals surface area contributed by atoms with Gasteiger partial charge in [-0.2, -0.15) is 11.8 Å². The van der Waals surface area contributed by atoms with Gasteiger partial charge in [-0.25, -0.2) is 9.97 Å². The molecule has 1 aromatic heterocycles. The van der Waals surface area contributed by atoms with Gasteiger partial charge in [0.05, 0.1) is 0 Å². The molecule has 0 unspecified atom stereocenters. The molecule has 21 heavy (non-hydrogen) atoms. The zero-order chi connectivity index (χ0) is 14.7. The van der Waals surface area contributed by atoms with Crippen molar-refractivity contribution in [2.75, 3.05) is 42.6 Å². The Bertz CT molecular complexity index is 496. The van der Waals surface area contributed by atoms with Crippen LogP contribution in [-0.4, -0.2) is 58.5 Å². The molecule has 0 spiro atoms. The van der Waals surface area contributed by atoms with E-state index >= 15 is 0 Å². The van der Waals surface area contributed by atoms with E-state index in [0.717, 1.165) is 62.0 Å². The van der Waals surface area contributed by atoms with Gasteiger partial charge in [0.25, 0.3) is 0 Å². The monoisotopic (exact) mass is 306 g/mol. The molecule has 2 saturated heterocycles. The van der Waals surface area contributed by atoms with E-state index in [1.165, 1.54) is 0 Å². The fourth-order valence-electron chi connectivity index (χ4n) is 3.01. The van der Waals surface area contributed by atoms with E-state index in [2.05, 4.69) is 19.8 Å². The van der Waals surface area contributed by atoms with Crippen LogP contribution in [0.25, 0.3) is 0 Å². The maximum Gasteiger partial charge on any atom is 0.225 e. The molecule has 5 nitrogen and oxygen atoms in total. The van der Waals surface area contributed by atoms with Gasteiger partial charge in [0.2, 0.25) is 5.91 Å². The molecule has 0 radical (unpaired) electrons. The van der Waals surface area contributed by atoms with Crippen LogP contribution in [0.1, 0.15) is 18.5 Å². The van der Waals surface area contributed by atoms with Crippen LogP contribution < -0.4 is 4.90 Å². The van der Waals surface area contributed by atoms with Gasteiger partial charge < -0.3 is 9.80 Å². The Hall–Kier alpha value is -1.30. The maximum atomic E-state index is 12.5. The van der Waals surface area contributed by atoms with E-state index in [-0.39, 0.29) is 5.92 Å². The van der Waals surface area contributed by atoms with E-state index in [0.29, 0.717) is 5.91 Å². The highest BCUT2D eigenvalue weighted by Gasteiger charge is 2.29. The number of rotatable bonds is 2. The van der Waals surface area contributed by atoms with Crippen molar-refractivity contribution in [2.24, 2.45) is 5.92 Å². The Morgan fingerprint density at radius 2 is 1.90 bits per heavy atom. The average Bonchev–Trinajstić information content (AvgIpc) is 2.55. The SMILES string of the molecule is Cc1cc(N2CCC(C(=O)N3CCSCC3)CC2)ncn1. The molecule has 2 aliphatic rings. The highest BCUT2D eigenvalue weighted by atomic mass is 32.2. The van der Waals surface area contributed by atoms with Gasteiger partial charge in [-0.3, -0.25) is 4.79 Å². The highest BCUT2D eigenvalue weighted by Crippen LogP contribution is 2.24. The van der Waals surface area contributed by atoms with Crippen LogP contribution in [0.5, 0.6) is 0 Å². The van der Waals surface area contributed by atoms with Gasteiger partial charge in [0, 0.05) is 55.4 Å². The van der Waals surface area contributed by atoms with Crippen molar-refractivity contribution < 1.29 is 4.79 Å². The average molecular weight is 306 g/mol. The summed E-state index contributed by atoms with van der Waals surface area (Å²) in [6.07, 6.45) is 3.49. The largest absolute Gasteiger partial charge is 0.356 e. The summed E-state index contributed by atoms with van der Waals surface area (Å²) in [7, 11) is 0. The molecule has 2 aliphatic heterocycles. The number of anilines is 1. The predicted molar refractivity (Wildman–Crippen MR) is 85.6 cm³/mol. The van der Waals surface area contributed by atoms with Crippen LogP contribution in [0.2, 0.25) is 0 Å². The van der Waals surface area contributed by atoms with Gasteiger partial charge in [-0.05, 0) is 19.8 Å². The molecule has 0 saturated carbocycles. The Morgan fingerprint density at radius 3 is 2.57 bits per heavy atom. The summed E-state index contributed by atoms with van der Waals surface area (Å²) >= 11 is 1.95. The van der Waals surface area contributed by atoms with Crippen LogP contribution >= 0.6 is 11.8 Å². The minimum absolute atomic E-state index is 0.201. The molecule has 0 atom stereocenters. The van der Waals surface area contributed by atoms with E-state index in [1.807, 2.05) is 24.8 Å². The number of nitrogens with zero attached hydrogens (tertiary/aromatic N) is 4. The Morgan fingerprint density at radius 1 is 1.19 bits per heavy atom. The lowest BCUT2D eigenvalue weighted by molar-refractivity contribution is -0.135. The number of amides is 1. The number of hydrogen-bond acceptors (Lipinski definition) is 5. The summed E-state index contributed by atoms with van der Waals surface area (Å²) < 4.78 is 0. The maximum absolute atomic E-state index is 12.5. The van der Waals surface area contributed by atoms with Gasteiger partial charge in [-0.1, -0.05) is 0 Å². The normalized spacial score (nSPS) is 20.6. The lowest BCUT2D eigenvalue weighted by Gasteiger charge is -2.35. The zero-order valence-corrected chi connectivity index (χ0v) is 13.3. The summed E-state index contributed by atoms with van der Waals surface area (Å²) in [5.41, 5.74) is 0.990. The third-order valence-electron chi connectivity index (χ3n) is 4.28. The summed E-state index contributed by atoms with van der Waals surface area (Å²) in [5, 5.41) is 0. The van der Waals surface area contributed by atoms with Crippen LogP contribution in [0, 0.1) is 12.8 Å². The van der Waals surface area contributed by atoms with Crippen molar-refractivity contribution in [3.8, 4) is 0 Å². The second-order valence-electron chi connectivity index (χ2n) is 5.72. The van der Waals surface area contributed by atoms with E-state index in [9.17, 15) is 4.79 Å². The molecular formula is C15H22N4OS. The second kappa shape index (κ2) is 6.64. The Labute approximate surface area is 130 Å². The molecule has 114 valence electrons. The first-order valence-corrected chi connectivity index (χ1v) is 8.79. The first-order valence-electron chi connectivity index (χ1n) is 7.64. The third-order valence-corrected chi connectivity index (χ3v) is 5.22. The molecule has 0 aromatic carbocycles. The van der Waals surface area contributed by atoms with Gasteiger partial charge in [-0.15, -0.1) is 0 Å². The van der Waals surface area contributed by atoms with Crippen molar-refractivity contribution in [3.63, 3.8) is 0 Å². The second-order valence-corrected chi connectivity index (χ2v) is 6.94. The van der Waals surface area contributed by atoms with Crippen molar-refractivity contribution in [1.82, 2.24) is 14.9 Å². The molecule has 0 N–H and O–H groups in total. The van der Waals surface area contributed by atoms with E-state index in [1.54, 1.807) is 6.33 Å². The summed E-state index contributed by atoms with van der Waals surface area (Å²) in [5.74, 6) is 3.74. The van der Waals surface area contributed by atoms with Crippen molar-refractivity contribution >= 4 is 23.5 Å². The summed E-state index contributed by atoms with van der Waals surface area (Å²) in [6.45, 7) is 5.66. The van der Waals surface area contributed by atoms with Gasteiger partial charge in [0.1, 0.15) is 12.1 Å². The fourth-order valence-corrected chi connectivity index (χ4v) is 3.91. The topological polar surface area (TPSA) is 49.3 Å². The molecule has 0 bridgehead atoms. The zero-order valence-electron chi connectivity index (χ0n) is 12.5. The number of hydrogen-bond donors (Lipinski definition) is 0. The van der Waals surface area contributed by atoms with Crippen LogP contribution in [-0.2, 0) is 4.79 Å². The highest BCUT2D eigenvalue weighted by molar-refractivity contribution is 7.99. The number of piperidine rings is 1. The van der Waals surface area contributed by atoms with E-state index in [4.69, 9.17) is 0 Å². The number of aryl methyl sites for hydroxylation is 1. The summed E-state index contributed by atoms with van der Waals surface area (Å²) in [4.78, 5) is 25.3. The molecule has 0 aliphatic carbocycles. The molecular weight excluding hydrogens is 284 g/mol. The predicted octanol–water partition coefficient (Wildman–Crippen LogP) is 1.58. The molecule has 2 fully saturated rings. The third kappa shape index (κ3) is 3.48. The Kier molecular flexibility index (Phi) is 4.63. The van der Waals surface area contributed by atoms with Gasteiger partial charge >= 0.3 is 0 Å². The number of carbonyl (C=O) groups is 1. The molecule has 3 heterocycles. The molecule has 1 amide bonds. The van der Waals surface area contributed by atoms with Crippen LogP contribution in [0.15, 0.2) is 12.4 Å². The van der Waals surface area contributed by atoms with Crippen molar-refractivity contribution in [3.05, 3.63) is 18.1 Å². The smallest absolute Gasteiger partial charge is 0.225 e. The number of aromatic nitrogens is 2. The molecule has 3 rings (SSSR count). The van der Waals surface area contributed by atoms with Gasteiger partial charge in [0.15, 0.2) is 0 Å². The minimum Gasteiger partial charge on any atom is -0.356 e. The number of thioether (sulfide) groups is 1. The van der Waals surface area contributed by atoms with E-state index < -0.39 is 0 Å². The number of carbonyl (C=O) groups excluding carboxylic acids is 1. The fraction of sp³-hybridized carbons (Fsp3) is 0.667. The summed E-state index contributed by atoms with van der Waals surface area (Å²) in [6, 6.07) is 2.02. The quantitative estimate of drug-likeness (QED) is 0.830. The molecule has 1 aromatic rings. The van der Waals surface area contributed by atoms with Crippen molar-refractivity contribution in [2.45, 2.75) is 19.8 Å². The molecule has 6 heteroatoms. The minimum atomic E-state index is 0.201.